The largest absolute Gasteiger partial charge is 0.321 e. The highest BCUT2D eigenvalue weighted by Gasteiger charge is 2.40. The number of amides is 1. The van der Waals surface area contributed by atoms with E-state index < -0.39 is 0 Å². The van der Waals surface area contributed by atoms with Crippen LogP contribution in [-0.4, -0.2) is 23.4 Å². The second-order valence-electron chi connectivity index (χ2n) is 6.72. The molecule has 3 nitrogen and oxygen atoms in total. The van der Waals surface area contributed by atoms with Gasteiger partial charge in [-0.1, -0.05) is 50.6 Å². The molecule has 21 heavy (non-hydrogen) atoms. The van der Waals surface area contributed by atoms with Gasteiger partial charge in [-0.15, -0.1) is 0 Å². The molecule has 2 fully saturated rings. The maximum absolute atomic E-state index is 12.7. The van der Waals surface area contributed by atoms with Crippen molar-refractivity contribution in [3.63, 3.8) is 0 Å². The Hall–Kier alpha value is -1.35. The van der Waals surface area contributed by atoms with Crippen LogP contribution in [0.5, 0.6) is 0 Å². The first-order valence-corrected chi connectivity index (χ1v) is 8.30. The van der Waals surface area contributed by atoms with Crippen LogP contribution < -0.4 is 5.32 Å². The molecule has 1 aromatic carbocycles. The molecule has 1 N–H and O–H groups in total. The lowest BCUT2D eigenvalue weighted by molar-refractivity contribution is -0.130. The van der Waals surface area contributed by atoms with Crippen molar-refractivity contribution in [3.05, 3.63) is 35.9 Å². The van der Waals surface area contributed by atoms with E-state index in [0.29, 0.717) is 5.92 Å². The van der Waals surface area contributed by atoms with E-state index in [1.54, 1.807) is 0 Å². The van der Waals surface area contributed by atoms with Crippen molar-refractivity contribution in [1.29, 1.82) is 0 Å². The molecular weight excluding hydrogens is 260 g/mol. The third-order valence-corrected chi connectivity index (χ3v) is 5.03. The van der Waals surface area contributed by atoms with Crippen LogP contribution in [0.4, 0.5) is 0 Å². The van der Waals surface area contributed by atoms with Crippen LogP contribution in [0.3, 0.4) is 0 Å². The first-order chi connectivity index (χ1) is 10.2. The fourth-order valence-electron chi connectivity index (χ4n) is 3.85. The van der Waals surface area contributed by atoms with Gasteiger partial charge in [0.1, 0.15) is 6.17 Å². The molecule has 3 rings (SSSR count). The zero-order valence-corrected chi connectivity index (χ0v) is 13.1. The lowest BCUT2D eigenvalue weighted by Crippen LogP contribution is -2.34. The van der Waals surface area contributed by atoms with Crippen LogP contribution >= 0.6 is 0 Å². The molecule has 114 valence electrons. The Morgan fingerprint density at radius 2 is 2.00 bits per heavy atom. The second-order valence-corrected chi connectivity index (χ2v) is 6.72. The Morgan fingerprint density at radius 1 is 1.24 bits per heavy atom. The van der Waals surface area contributed by atoms with Gasteiger partial charge in [0.2, 0.25) is 5.91 Å². The topological polar surface area (TPSA) is 32.3 Å². The Balaban J connectivity index is 1.78. The minimum Gasteiger partial charge on any atom is -0.321 e. The lowest BCUT2D eigenvalue weighted by Gasteiger charge is -2.27. The van der Waals surface area contributed by atoms with Crippen LogP contribution in [0.2, 0.25) is 0 Å². The lowest BCUT2D eigenvalue weighted by atomic mass is 10.0. The number of rotatable bonds is 4. The Morgan fingerprint density at radius 3 is 2.62 bits per heavy atom. The van der Waals surface area contributed by atoms with E-state index in [2.05, 4.69) is 48.3 Å². The minimum absolute atomic E-state index is 0.0194. The summed E-state index contributed by atoms with van der Waals surface area (Å²) < 4.78 is 0. The van der Waals surface area contributed by atoms with Gasteiger partial charge in [0.25, 0.3) is 0 Å². The van der Waals surface area contributed by atoms with Crippen molar-refractivity contribution in [2.24, 2.45) is 11.8 Å². The summed E-state index contributed by atoms with van der Waals surface area (Å²) in [5.41, 5.74) is 1.20. The molecule has 0 aromatic heterocycles. The summed E-state index contributed by atoms with van der Waals surface area (Å²) in [7, 11) is 0. The summed E-state index contributed by atoms with van der Waals surface area (Å²) in [5.74, 6) is 1.77. The average Bonchev–Trinajstić information content (AvgIpc) is 3.05. The molecule has 3 heteroatoms. The number of hydrogen-bond donors (Lipinski definition) is 1. The SMILES string of the molecule is CCC1NC(c2ccccc2)N(CC2CCC(C)C2)C1=O. The number of carbonyl (C=O) groups is 1. The fraction of sp³-hybridized carbons (Fsp3) is 0.611. The van der Waals surface area contributed by atoms with Gasteiger partial charge in [-0.05, 0) is 36.7 Å². The van der Waals surface area contributed by atoms with Gasteiger partial charge in [-0.2, -0.15) is 0 Å². The molecule has 0 bridgehead atoms. The van der Waals surface area contributed by atoms with E-state index in [1.807, 2.05) is 6.07 Å². The van der Waals surface area contributed by atoms with Crippen LogP contribution in [0, 0.1) is 11.8 Å². The van der Waals surface area contributed by atoms with Gasteiger partial charge in [-0.25, -0.2) is 0 Å². The highest BCUT2D eigenvalue weighted by molar-refractivity contribution is 5.84. The van der Waals surface area contributed by atoms with Crippen LogP contribution in [-0.2, 0) is 4.79 Å². The molecule has 0 spiro atoms. The normalized spacial score (nSPS) is 32.9. The maximum atomic E-state index is 12.7. The molecule has 1 aliphatic carbocycles. The number of nitrogens with one attached hydrogen (secondary N) is 1. The molecule has 4 unspecified atom stereocenters. The van der Waals surface area contributed by atoms with E-state index in [-0.39, 0.29) is 18.1 Å². The zero-order chi connectivity index (χ0) is 14.8. The van der Waals surface area contributed by atoms with Gasteiger partial charge in [-0.3, -0.25) is 10.1 Å². The molecule has 1 saturated heterocycles. The summed E-state index contributed by atoms with van der Waals surface area (Å²) in [6, 6.07) is 10.3. The van der Waals surface area contributed by atoms with E-state index in [1.165, 1.54) is 24.8 Å². The molecule has 4 atom stereocenters. The molecular formula is C18H26N2O. The number of benzene rings is 1. The van der Waals surface area contributed by atoms with Crippen LogP contribution in [0.1, 0.15) is 51.3 Å². The van der Waals surface area contributed by atoms with Gasteiger partial charge in [0.05, 0.1) is 6.04 Å². The molecule has 0 radical (unpaired) electrons. The smallest absolute Gasteiger partial charge is 0.241 e. The quantitative estimate of drug-likeness (QED) is 0.921. The molecule has 1 aromatic rings. The Kier molecular flexibility index (Phi) is 4.29. The Bertz CT molecular complexity index is 487. The van der Waals surface area contributed by atoms with Crippen LogP contribution in [0.25, 0.3) is 0 Å². The maximum Gasteiger partial charge on any atom is 0.241 e. The highest BCUT2D eigenvalue weighted by Crippen LogP contribution is 2.34. The predicted octanol–water partition coefficient (Wildman–Crippen LogP) is 3.33. The molecule has 1 heterocycles. The number of nitrogens with zero attached hydrogens (tertiary/aromatic N) is 1. The third kappa shape index (κ3) is 2.98. The third-order valence-electron chi connectivity index (χ3n) is 5.03. The van der Waals surface area contributed by atoms with Crippen LogP contribution in [0.15, 0.2) is 30.3 Å². The van der Waals surface area contributed by atoms with Crippen molar-refractivity contribution < 1.29 is 4.79 Å². The van der Waals surface area contributed by atoms with E-state index in [0.717, 1.165) is 18.9 Å². The first kappa shape index (κ1) is 14.6. The molecule has 2 aliphatic rings. The molecule has 1 amide bonds. The first-order valence-electron chi connectivity index (χ1n) is 8.30. The zero-order valence-electron chi connectivity index (χ0n) is 13.1. The summed E-state index contributed by atoms with van der Waals surface area (Å²) >= 11 is 0. The van der Waals surface area contributed by atoms with Gasteiger partial charge >= 0.3 is 0 Å². The van der Waals surface area contributed by atoms with E-state index >= 15 is 0 Å². The summed E-state index contributed by atoms with van der Waals surface area (Å²) in [6.07, 6.45) is 4.76. The highest BCUT2D eigenvalue weighted by atomic mass is 16.2. The minimum atomic E-state index is -0.0194. The van der Waals surface area contributed by atoms with Gasteiger partial charge in [0.15, 0.2) is 0 Å². The standard InChI is InChI=1S/C18H26N2O/c1-3-16-18(21)20(12-14-10-9-13(2)11-14)17(19-16)15-7-5-4-6-8-15/h4-8,13-14,16-17,19H,3,9-12H2,1-2H3. The summed E-state index contributed by atoms with van der Waals surface area (Å²) in [4.78, 5) is 14.7. The number of carbonyl (C=O) groups excluding carboxylic acids is 1. The van der Waals surface area contributed by atoms with Crippen molar-refractivity contribution in [1.82, 2.24) is 10.2 Å². The van der Waals surface area contributed by atoms with Crippen molar-refractivity contribution >= 4 is 5.91 Å². The monoisotopic (exact) mass is 286 g/mol. The Labute approximate surface area is 127 Å². The summed E-state index contributed by atoms with van der Waals surface area (Å²) in [5, 5.41) is 3.52. The van der Waals surface area contributed by atoms with E-state index in [4.69, 9.17) is 0 Å². The van der Waals surface area contributed by atoms with Crippen molar-refractivity contribution in [2.45, 2.75) is 51.7 Å². The van der Waals surface area contributed by atoms with Crippen molar-refractivity contribution in [3.8, 4) is 0 Å². The van der Waals surface area contributed by atoms with Crippen molar-refractivity contribution in [2.75, 3.05) is 6.54 Å². The van der Waals surface area contributed by atoms with Gasteiger partial charge < -0.3 is 4.90 Å². The van der Waals surface area contributed by atoms with Gasteiger partial charge in [0, 0.05) is 6.54 Å². The number of hydrogen-bond acceptors (Lipinski definition) is 2. The molecule has 1 saturated carbocycles. The molecule has 1 aliphatic heterocycles. The predicted molar refractivity (Wildman–Crippen MR) is 84.6 cm³/mol. The second kappa shape index (κ2) is 6.18. The van der Waals surface area contributed by atoms with E-state index in [9.17, 15) is 4.79 Å². The fourth-order valence-corrected chi connectivity index (χ4v) is 3.85. The average molecular weight is 286 g/mol. The summed E-state index contributed by atoms with van der Waals surface area (Å²) in [6.45, 7) is 5.32.